The summed E-state index contributed by atoms with van der Waals surface area (Å²) < 4.78 is 20.3. The second-order valence-electron chi connectivity index (χ2n) is 9.43. The second kappa shape index (κ2) is 14.6. The number of unbranched alkanes of at least 4 members (excludes halogenated alkanes) is 1. The third-order valence-corrected chi connectivity index (χ3v) is 7.85. The Hall–Kier alpha value is -3.18. The van der Waals surface area contributed by atoms with E-state index in [4.69, 9.17) is 24.3 Å². The molecular weight excluding hydrogens is 606 g/mol. The molecule has 2 N–H and O–H groups in total. The summed E-state index contributed by atoms with van der Waals surface area (Å²) in [6.07, 6.45) is 3.03. The molecule has 1 atom stereocenters. The van der Waals surface area contributed by atoms with Crippen molar-refractivity contribution in [3.05, 3.63) is 57.7 Å². The van der Waals surface area contributed by atoms with Crippen LogP contribution in [0.4, 0.5) is 11.6 Å². The summed E-state index contributed by atoms with van der Waals surface area (Å²) >= 11 is 5.31. The first-order chi connectivity index (χ1) is 19.9. The Bertz CT molecular complexity index is 1390. The van der Waals surface area contributed by atoms with E-state index in [9.17, 15) is 4.79 Å². The molecule has 3 aromatic rings. The Balaban J connectivity index is 1.81. The number of hydrogen-bond acceptors (Lipinski definition) is 8. The van der Waals surface area contributed by atoms with Crippen molar-refractivity contribution in [1.82, 2.24) is 14.8 Å². The summed E-state index contributed by atoms with van der Waals surface area (Å²) in [6.45, 7) is 11.5. The van der Waals surface area contributed by atoms with E-state index in [1.807, 2.05) is 57.2 Å². The first-order valence-electron chi connectivity index (χ1n) is 14.1. The molecule has 1 aromatic heterocycles. The van der Waals surface area contributed by atoms with Crippen LogP contribution in [0.2, 0.25) is 0 Å². The molecule has 1 aliphatic heterocycles. The number of benzene rings is 2. The van der Waals surface area contributed by atoms with E-state index in [0.29, 0.717) is 65.1 Å². The van der Waals surface area contributed by atoms with E-state index >= 15 is 0 Å². The summed E-state index contributed by atoms with van der Waals surface area (Å²) in [7, 11) is 0. The molecule has 2 aromatic carbocycles. The maximum atomic E-state index is 14.1. The number of nitrogens with zero attached hydrogens (tertiary/aromatic N) is 3. The molecule has 0 radical (unpaired) electrons. The van der Waals surface area contributed by atoms with Gasteiger partial charge in [-0.05, 0) is 79.4 Å². The highest BCUT2D eigenvalue weighted by Gasteiger charge is 2.35. The summed E-state index contributed by atoms with van der Waals surface area (Å²) in [6, 6.07) is 10.7. The Labute approximate surface area is 254 Å². The van der Waals surface area contributed by atoms with Crippen LogP contribution in [0.25, 0.3) is 0 Å². The Morgan fingerprint density at radius 1 is 1.07 bits per heavy atom. The number of carbonyl (C=O) groups excluding carboxylic acids is 1. The molecule has 0 bridgehead atoms. The molecule has 1 amide bonds. The number of carbonyl (C=O) groups is 1. The minimum atomic E-state index is -0.575. The Morgan fingerprint density at radius 2 is 1.83 bits per heavy atom. The van der Waals surface area contributed by atoms with Crippen LogP contribution in [-0.2, 0) is 4.79 Å². The first-order valence-corrected chi connectivity index (χ1v) is 15.9. The molecule has 0 saturated heterocycles. The van der Waals surface area contributed by atoms with Crippen LogP contribution in [-0.4, -0.2) is 46.2 Å². The number of thioether (sulfide) groups is 1. The van der Waals surface area contributed by atoms with Crippen LogP contribution in [0, 0.1) is 0 Å². The van der Waals surface area contributed by atoms with Gasteiger partial charge in [0.15, 0.2) is 11.5 Å². The maximum Gasteiger partial charge on any atom is 0.255 e. The van der Waals surface area contributed by atoms with Crippen molar-refractivity contribution < 1.29 is 19.0 Å². The van der Waals surface area contributed by atoms with Gasteiger partial charge in [0.05, 0.1) is 35.6 Å². The Morgan fingerprint density at radius 3 is 2.56 bits per heavy atom. The summed E-state index contributed by atoms with van der Waals surface area (Å²) in [5.74, 6) is 3.08. The van der Waals surface area contributed by atoms with E-state index in [1.54, 1.807) is 16.4 Å². The summed E-state index contributed by atoms with van der Waals surface area (Å²) in [4.78, 5) is 18.8. The van der Waals surface area contributed by atoms with Crippen LogP contribution in [0.15, 0.2) is 57.3 Å². The summed E-state index contributed by atoms with van der Waals surface area (Å²) in [5.41, 5.74) is 2.60. The topological polar surface area (TPSA) is 99.5 Å². The highest BCUT2D eigenvalue weighted by atomic mass is 79.9. The molecule has 41 heavy (non-hydrogen) atoms. The fourth-order valence-corrected chi connectivity index (χ4v) is 5.98. The lowest BCUT2D eigenvalue weighted by atomic mass is 9.94. The zero-order chi connectivity index (χ0) is 29.4. The number of para-hydroxylation sites is 2. The van der Waals surface area contributed by atoms with Crippen molar-refractivity contribution >= 4 is 45.2 Å². The van der Waals surface area contributed by atoms with Gasteiger partial charge in [-0.15, -0.1) is 5.10 Å². The van der Waals surface area contributed by atoms with Gasteiger partial charge in [0.2, 0.25) is 11.1 Å². The third-order valence-electron chi connectivity index (χ3n) is 6.34. The largest absolute Gasteiger partial charge is 0.492 e. The monoisotopic (exact) mass is 643 g/mol. The molecule has 0 spiro atoms. The number of fused-ring (bicyclic) bond motifs is 1. The highest BCUT2D eigenvalue weighted by Crippen LogP contribution is 2.43. The molecule has 2 heterocycles. The quantitative estimate of drug-likeness (QED) is 0.138. The number of rotatable bonds is 14. The number of anilines is 2. The molecular formula is C30H38BrN5O4S. The van der Waals surface area contributed by atoms with Gasteiger partial charge in [0.1, 0.15) is 11.8 Å². The molecule has 11 heteroatoms. The SMILES string of the molecule is CCCCSc1nc2n(n1)C(c1cc(Br)c(OCCC)c(OCC)c1)C(C(=O)Nc1ccccc1OCC)=C(C)N2. The van der Waals surface area contributed by atoms with E-state index < -0.39 is 6.04 Å². The number of halogens is 1. The average Bonchev–Trinajstić information content (AvgIpc) is 3.35. The minimum absolute atomic E-state index is 0.270. The number of amides is 1. The lowest BCUT2D eigenvalue weighted by molar-refractivity contribution is -0.113. The lowest BCUT2D eigenvalue weighted by Crippen LogP contribution is -2.31. The third kappa shape index (κ3) is 7.19. The highest BCUT2D eigenvalue weighted by molar-refractivity contribution is 9.10. The molecule has 1 aliphatic rings. The van der Waals surface area contributed by atoms with Gasteiger partial charge >= 0.3 is 0 Å². The molecule has 9 nitrogen and oxygen atoms in total. The number of ether oxygens (including phenoxy) is 3. The summed E-state index contributed by atoms with van der Waals surface area (Å²) in [5, 5.41) is 11.9. The van der Waals surface area contributed by atoms with Crippen molar-refractivity contribution in [1.29, 1.82) is 0 Å². The smallest absolute Gasteiger partial charge is 0.255 e. The van der Waals surface area contributed by atoms with Crippen LogP contribution in [0.5, 0.6) is 17.2 Å². The zero-order valence-electron chi connectivity index (χ0n) is 24.3. The number of nitrogens with one attached hydrogen (secondary N) is 2. The minimum Gasteiger partial charge on any atom is -0.492 e. The van der Waals surface area contributed by atoms with Gasteiger partial charge in [-0.1, -0.05) is 44.2 Å². The van der Waals surface area contributed by atoms with Crippen LogP contribution in [0.1, 0.15) is 65.5 Å². The molecule has 4 rings (SSSR count). The van der Waals surface area contributed by atoms with Crippen molar-refractivity contribution in [3.63, 3.8) is 0 Å². The molecule has 0 aliphatic carbocycles. The number of hydrogen-bond donors (Lipinski definition) is 2. The molecule has 220 valence electrons. The predicted molar refractivity (Wildman–Crippen MR) is 167 cm³/mol. The average molecular weight is 645 g/mol. The van der Waals surface area contributed by atoms with Gasteiger partial charge < -0.3 is 24.8 Å². The number of allylic oxidation sites excluding steroid dienone is 1. The van der Waals surface area contributed by atoms with Gasteiger partial charge in [-0.2, -0.15) is 4.98 Å². The van der Waals surface area contributed by atoms with Gasteiger partial charge in [-0.3, -0.25) is 4.79 Å². The standard InChI is InChI=1S/C30H38BrN5O4S/c1-6-10-16-41-30-34-29-32-19(5)25(28(37)33-22-13-11-12-14-23(22)38-8-3)26(36(29)35-30)20-17-21(31)27(40-15-7-2)24(18-20)39-9-4/h11-14,17-18,26H,6-10,15-16H2,1-5H3,(H,33,37)(H,32,34,35). The van der Waals surface area contributed by atoms with E-state index in [2.05, 4.69) is 40.4 Å². The van der Waals surface area contributed by atoms with Gasteiger partial charge in [0, 0.05) is 11.4 Å². The first kappa shape index (κ1) is 30.8. The van der Waals surface area contributed by atoms with Gasteiger partial charge in [0.25, 0.3) is 5.91 Å². The van der Waals surface area contributed by atoms with E-state index in [1.165, 1.54) is 0 Å². The fourth-order valence-electron chi connectivity index (χ4n) is 4.50. The van der Waals surface area contributed by atoms with Crippen molar-refractivity contribution in [3.8, 4) is 17.2 Å². The van der Waals surface area contributed by atoms with Crippen molar-refractivity contribution in [2.24, 2.45) is 0 Å². The normalized spacial score (nSPS) is 14.3. The lowest BCUT2D eigenvalue weighted by Gasteiger charge is -2.29. The molecule has 0 fully saturated rings. The van der Waals surface area contributed by atoms with E-state index in [-0.39, 0.29) is 5.91 Å². The van der Waals surface area contributed by atoms with Gasteiger partial charge in [-0.25, -0.2) is 4.68 Å². The predicted octanol–water partition coefficient (Wildman–Crippen LogP) is 7.45. The zero-order valence-corrected chi connectivity index (χ0v) is 26.7. The number of aromatic nitrogens is 3. The van der Waals surface area contributed by atoms with Crippen LogP contribution < -0.4 is 24.8 Å². The molecule has 0 saturated carbocycles. The Kier molecular flexibility index (Phi) is 11.0. The second-order valence-corrected chi connectivity index (χ2v) is 11.3. The molecule has 1 unspecified atom stereocenters. The maximum absolute atomic E-state index is 14.1. The van der Waals surface area contributed by atoms with Crippen LogP contribution in [0.3, 0.4) is 0 Å². The van der Waals surface area contributed by atoms with E-state index in [0.717, 1.165) is 35.1 Å². The fraction of sp³-hybridized carbons (Fsp3) is 0.433. The van der Waals surface area contributed by atoms with Crippen LogP contribution >= 0.6 is 27.7 Å². The van der Waals surface area contributed by atoms with Crippen molar-refractivity contribution in [2.75, 3.05) is 36.2 Å². The van der Waals surface area contributed by atoms with Crippen molar-refractivity contribution in [2.45, 2.75) is 65.1 Å².